The van der Waals surface area contributed by atoms with E-state index in [-0.39, 0.29) is 0 Å². The van der Waals surface area contributed by atoms with Crippen LogP contribution in [-0.4, -0.2) is 27.3 Å². The number of rotatable bonds is 5. The van der Waals surface area contributed by atoms with Crippen LogP contribution in [0.15, 0.2) is 59.8 Å². The fraction of sp³-hybridized carbons (Fsp3) is 0.133. The summed E-state index contributed by atoms with van der Waals surface area (Å²) in [6, 6.07) is 17.8. The molecule has 1 aromatic heterocycles. The third-order valence-corrected chi connectivity index (χ3v) is 3.81. The first-order chi connectivity index (χ1) is 10.3. The number of hydrogen-bond acceptors (Lipinski definition) is 5. The summed E-state index contributed by atoms with van der Waals surface area (Å²) in [5.41, 5.74) is 2.10. The second-order valence-corrected chi connectivity index (χ2v) is 5.28. The summed E-state index contributed by atoms with van der Waals surface area (Å²) in [6.07, 6.45) is 0. The molecule has 0 radical (unpaired) electrons. The summed E-state index contributed by atoms with van der Waals surface area (Å²) in [6.45, 7) is 0. The van der Waals surface area contributed by atoms with Gasteiger partial charge in [0.05, 0.1) is 12.8 Å². The molecule has 21 heavy (non-hydrogen) atoms. The summed E-state index contributed by atoms with van der Waals surface area (Å²) >= 11 is 1.57. The Morgan fingerprint density at radius 2 is 1.81 bits per heavy atom. The van der Waals surface area contributed by atoms with E-state index in [9.17, 15) is 0 Å². The minimum absolute atomic E-state index is 0.662. The van der Waals surface area contributed by atoms with Crippen LogP contribution in [0.25, 0.3) is 5.69 Å². The molecule has 0 bridgehead atoms. The van der Waals surface area contributed by atoms with E-state index in [4.69, 9.17) is 4.74 Å². The molecule has 0 saturated heterocycles. The molecule has 0 fully saturated rings. The SMILES string of the molecule is COc1ccc(-n2nnc(SCc3ccccc3)n2)cc1. The molecule has 0 aliphatic rings. The van der Waals surface area contributed by atoms with Crippen molar-refractivity contribution in [3.05, 3.63) is 60.2 Å². The minimum atomic E-state index is 0.662. The summed E-state index contributed by atoms with van der Waals surface area (Å²) in [5.74, 6) is 1.63. The van der Waals surface area contributed by atoms with Gasteiger partial charge in [-0.05, 0) is 35.0 Å². The van der Waals surface area contributed by atoms with Crippen LogP contribution in [0.5, 0.6) is 5.75 Å². The number of aromatic nitrogens is 4. The average molecular weight is 298 g/mol. The first-order valence-corrected chi connectivity index (χ1v) is 7.45. The van der Waals surface area contributed by atoms with Crippen LogP contribution in [-0.2, 0) is 5.75 Å². The predicted octanol–water partition coefficient (Wildman–Crippen LogP) is 2.96. The van der Waals surface area contributed by atoms with Gasteiger partial charge in [0.2, 0.25) is 5.16 Å². The summed E-state index contributed by atoms with van der Waals surface area (Å²) in [7, 11) is 1.64. The highest BCUT2D eigenvalue weighted by Crippen LogP contribution is 2.19. The zero-order valence-corrected chi connectivity index (χ0v) is 12.3. The maximum absolute atomic E-state index is 5.13. The highest BCUT2D eigenvalue weighted by Gasteiger charge is 2.06. The second-order valence-electron chi connectivity index (χ2n) is 4.33. The van der Waals surface area contributed by atoms with Crippen LogP contribution in [0.4, 0.5) is 0 Å². The average Bonchev–Trinajstić information content (AvgIpc) is 3.03. The number of ether oxygens (including phenoxy) is 1. The van der Waals surface area contributed by atoms with Crippen LogP contribution in [0.2, 0.25) is 0 Å². The van der Waals surface area contributed by atoms with Gasteiger partial charge in [-0.3, -0.25) is 0 Å². The Bertz CT molecular complexity index is 697. The lowest BCUT2D eigenvalue weighted by molar-refractivity contribution is 0.414. The fourth-order valence-electron chi connectivity index (χ4n) is 1.81. The van der Waals surface area contributed by atoms with E-state index in [2.05, 4.69) is 27.5 Å². The smallest absolute Gasteiger partial charge is 0.231 e. The van der Waals surface area contributed by atoms with Gasteiger partial charge in [-0.2, -0.15) is 0 Å². The molecule has 2 aromatic carbocycles. The van der Waals surface area contributed by atoms with Crippen molar-refractivity contribution in [1.82, 2.24) is 20.2 Å². The van der Waals surface area contributed by atoms with Crippen molar-refractivity contribution in [3.63, 3.8) is 0 Å². The number of methoxy groups -OCH3 is 1. The predicted molar refractivity (Wildman–Crippen MR) is 81.7 cm³/mol. The molecule has 5 nitrogen and oxygen atoms in total. The van der Waals surface area contributed by atoms with Gasteiger partial charge >= 0.3 is 0 Å². The molecular formula is C15H14N4OS. The fourth-order valence-corrected chi connectivity index (χ4v) is 2.52. The molecule has 6 heteroatoms. The Kier molecular flexibility index (Phi) is 4.16. The maximum atomic E-state index is 5.13. The van der Waals surface area contributed by atoms with Crippen molar-refractivity contribution in [2.45, 2.75) is 10.9 Å². The third kappa shape index (κ3) is 3.41. The standard InChI is InChI=1S/C15H14N4OS/c1-20-14-9-7-13(8-10-14)19-17-15(16-18-19)21-11-12-5-3-2-4-6-12/h2-10H,11H2,1H3. The van der Waals surface area contributed by atoms with Crippen LogP contribution in [0, 0.1) is 0 Å². The van der Waals surface area contributed by atoms with E-state index >= 15 is 0 Å². The zero-order chi connectivity index (χ0) is 14.5. The molecule has 3 rings (SSSR count). The van der Waals surface area contributed by atoms with E-state index in [0.717, 1.165) is 17.2 Å². The van der Waals surface area contributed by atoms with Gasteiger partial charge in [0.1, 0.15) is 5.75 Å². The van der Waals surface area contributed by atoms with Gasteiger partial charge in [-0.1, -0.05) is 42.1 Å². The van der Waals surface area contributed by atoms with Gasteiger partial charge in [0.25, 0.3) is 0 Å². The van der Waals surface area contributed by atoms with Crippen molar-refractivity contribution in [2.75, 3.05) is 7.11 Å². The minimum Gasteiger partial charge on any atom is -0.497 e. The Morgan fingerprint density at radius 3 is 2.52 bits per heavy atom. The number of benzene rings is 2. The highest BCUT2D eigenvalue weighted by molar-refractivity contribution is 7.98. The molecular weight excluding hydrogens is 284 g/mol. The van der Waals surface area contributed by atoms with Crippen LogP contribution >= 0.6 is 11.8 Å². The Hall–Kier alpha value is -2.34. The van der Waals surface area contributed by atoms with E-state index in [1.54, 1.807) is 18.9 Å². The van der Waals surface area contributed by atoms with Gasteiger partial charge in [-0.15, -0.1) is 15.0 Å². The van der Waals surface area contributed by atoms with Crippen molar-refractivity contribution in [1.29, 1.82) is 0 Å². The molecule has 0 unspecified atom stereocenters. The van der Waals surface area contributed by atoms with Gasteiger partial charge < -0.3 is 4.74 Å². The molecule has 1 heterocycles. The van der Waals surface area contributed by atoms with E-state index in [1.165, 1.54) is 10.4 Å². The maximum Gasteiger partial charge on any atom is 0.231 e. The van der Waals surface area contributed by atoms with Crippen molar-refractivity contribution in [3.8, 4) is 11.4 Å². The van der Waals surface area contributed by atoms with Crippen LogP contribution in [0.3, 0.4) is 0 Å². The molecule has 0 N–H and O–H groups in total. The van der Waals surface area contributed by atoms with Crippen molar-refractivity contribution in [2.24, 2.45) is 0 Å². The normalized spacial score (nSPS) is 10.5. The third-order valence-electron chi connectivity index (χ3n) is 2.91. The first-order valence-electron chi connectivity index (χ1n) is 6.46. The number of hydrogen-bond donors (Lipinski definition) is 0. The summed E-state index contributed by atoms with van der Waals surface area (Å²) in [5, 5.41) is 13.2. The van der Waals surface area contributed by atoms with Crippen molar-refractivity contribution < 1.29 is 4.74 Å². The number of tetrazole rings is 1. The van der Waals surface area contributed by atoms with Crippen molar-refractivity contribution >= 4 is 11.8 Å². The van der Waals surface area contributed by atoms with E-state index in [1.807, 2.05) is 42.5 Å². The molecule has 0 amide bonds. The lowest BCUT2D eigenvalue weighted by Crippen LogP contribution is -1.98. The summed E-state index contributed by atoms with van der Waals surface area (Å²) < 4.78 is 5.13. The Morgan fingerprint density at radius 1 is 1.05 bits per heavy atom. The Labute approximate surface area is 126 Å². The highest BCUT2D eigenvalue weighted by atomic mass is 32.2. The molecule has 0 aliphatic heterocycles. The van der Waals surface area contributed by atoms with Crippen LogP contribution < -0.4 is 4.74 Å². The van der Waals surface area contributed by atoms with Gasteiger partial charge in [0, 0.05) is 5.75 Å². The lowest BCUT2D eigenvalue weighted by Gasteiger charge is -2.01. The largest absolute Gasteiger partial charge is 0.497 e. The Balaban J connectivity index is 1.68. The summed E-state index contributed by atoms with van der Waals surface area (Å²) in [4.78, 5) is 1.52. The number of thioether (sulfide) groups is 1. The second kappa shape index (κ2) is 6.41. The zero-order valence-electron chi connectivity index (χ0n) is 11.5. The van der Waals surface area contributed by atoms with E-state index < -0.39 is 0 Å². The molecule has 0 spiro atoms. The lowest BCUT2D eigenvalue weighted by atomic mass is 10.2. The van der Waals surface area contributed by atoms with E-state index in [0.29, 0.717) is 5.16 Å². The molecule has 0 atom stereocenters. The van der Waals surface area contributed by atoms with Gasteiger partial charge in [0.15, 0.2) is 0 Å². The van der Waals surface area contributed by atoms with Gasteiger partial charge in [-0.25, -0.2) is 0 Å². The molecule has 3 aromatic rings. The molecule has 0 saturated carbocycles. The topological polar surface area (TPSA) is 52.8 Å². The monoisotopic (exact) mass is 298 g/mol. The quantitative estimate of drug-likeness (QED) is 0.678. The molecule has 0 aliphatic carbocycles. The molecule has 106 valence electrons. The van der Waals surface area contributed by atoms with Crippen LogP contribution in [0.1, 0.15) is 5.56 Å². The number of nitrogens with zero attached hydrogens (tertiary/aromatic N) is 4. The first kappa shape index (κ1) is 13.6.